The summed E-state index contributed by atoms with van der Waals surface area (Å²) in [5, 5.41) is 0. The number of hydrogen-bond acceptors (Lipinski definition) is 2. The summed E-state index contributed by atoms with van der Waals surface area (Å²) in [7, 11) is 0. The van der Waals surface area contributed by atoms with Gasteiger partial charge in [0.2, 0.25) is 0 Å². The molecule has 0 radical (unpaired) electrons. The summed E-state index contributed by atoms with van der Waals surface area (Å²) < 4.78 is 1.06. The highest BCUT2D eigenvalue weighted by atomic mass is 27.0. The molecule has 0 atom stereocenters. The number of nitrogen functional groups attached to an aromatic ring is 1. The first-order valence-electron chi connectivity index (χ1n) is 3.31. The second-order valence-electron chi connectivity index (χ2n) is 2.57. The van der Waals surface area contributed by atoms with E-state index in [1.165, 1.54) is 11.1 Å². The van der Waals surface area contributed by atoms with E-state index in [1.807, 2.05) is 20.0 Å². The third-order valence-electron chi connectivity index (χ3n) is 1.84. The normalized spacial score (nSPS) is 9.80. The summed E-state index contributed by atoms with van der Waals surface area (Å²) in [5.41, 5.74) is 8.99. The Balaban J connectivity index is 3.34. The Hall–Kier alpha value is -0.518. The van der Waals surface area contributed by atoms with Crippen molar-refractivity contribution >= 4 is 26.5 Å². The maximum Gasteiger partial charge on any atom is 0.293 e. The van der Waals surface area contributed by atoms with Crippen molar-refractivity contribution in [3.05, 3.63) is 17.3 Å². The highest BCUT2D eigenvalue weighted by molar-refractivity contribution is 6.34. The Labute approximate surface area is 68.9 Å². The average molecular weight is 150 g/mol. The van der Waals surface area contributed by atoms with E-state index in [0.717, 1.165) is 26.5 Å². The molecule has 10 heavy (non-hydrogen) atoms. The van der Waals surface area contributed by atoms with Crippen LogP contribution < -0.4 is 10.3 Å². The zero-order chi connectivity index (χ0) is 7.72. The van der Waals surface area contributed by atoms with Crippen LogP contribution >= 0.6 is 0 Å². The fourth-order valence-corrected chi connectivity index (χ4v) is 1.35. The van der Waals surface area contributed by atoms with E-state index >= 15 is 0 Å². The Morgan fingerprint density at radius 3 is 2.60 bits per heavy atom. The van der Waals surface area contributed by atoms with Gasteiger partial charge in [-0.25, -0.2) is 0 Å². The van der Waals surface area contributed by atoms with Crippen molar-refractivity contribution in [2.24, 2.45) is 0 Å². The number of aryl methyl sites for hydroxylation is 1. The van der Waals surface area contributed by atoms with Crippen LogP contribution in [0.2, 0.25) is 0 Å². The van der Waals surface area contributed by atoms with Crippen LogP contribution in [0.4, 0.5) is 5.69 Å². The van der Waals surface area contributed by atoms with Crippen LogP contribution in [0.1, 0.15) is 11.1 Å². The fourth-order valence-electron chi connectivity index (χ4n) is 0.844. The molecular formula is C7H11AlN2. The van der Waals surface area contributed by atoms with E-state index in [2.05, 4.69) is 4.98 Å². The quantitative estimate of drug-likeness (QED) is 0.508. The molecule has 0 unspecified atom stereocenters. The van der Waals surface area contributed by atoms with E-state index < -0.39 is 0 Å². The van der Waals surface area contributed by atoms with E-state index in [9.17, 15) is 0 Å². The van der Waals surface area contributed by atoms with Crippen molar-refractivity contribution in [3.8, 4) is 0 Å². The zero-order valence-electron chi connectivity index (χ0n) is 6.60. The first-order chi connectivity index (χ1) is 4.63. The molecule has 0 aliphatic heterocycles. The number of aromatic nitrogens is 1. The number of rotatable bonds is 0. The van der Waals surface area contributed by atoms with Crippen molar-refractivity contribution in [1.82, 2.24) is 4.98 Å². The van der Waals surface area contributed by atoms with Gasteiger partial charge >= 0.3 is 0 Å². The molecule has 0 spiro atoms. The standard InChI is InChI=1S/C7H9N2.Al.2H/c1-5-3-9-4-7(8)6(5)2;;;/h3H,8H2,1-2H3;;;. The summed E-state index contributed by atoms with van der Waals surface area (Å²) >= 11 is 0.936. The lowest BCUT2D eigenvalue weighted by Crippen LogP contribution is -2.15. The highest BCUT2D eigenvalue weighted by Crippen LogP contribution is 2.08. The molecule has 2 N–H and O–H groups in total. The fraction of sp³-hybridized carbons (Fsp3) is 0.286. The number of nitrogens with zero attached hydrogens (tertiary/aromatic N) is 1. The minimum atomic E-state index is 0.881. The van der Waals surface area contributed by atoms with Gasteiger partial charge in [-0.1, -0.05) is 0 Å². The van der Waals surface area contributed by atoms with Gasteiger partial charge in [-0.2, -0.15) is 0 Å². The molecule has 1 aromatic rings. The first-order valence-corrected chi connectivity index (χ1v) is 4.31. The Bertz CT molecular complexity index is 231. The van der Waals surface area contributed by atoms with Gasteiger partial charge in [0.25, 0.3) is 16.3 Å². The van der Waals surface area contributed by atoms with Crippen molar-refractivity contribution in [2.45, 2.75) is 13.8 Å². The van der Waals surface area contributed by atoms with E-state index in [0.29, 0.717) is 0 Å². The van der Waals surface area contributed by atoms with Crippen molar-refractivity contribution in [1.29, 1.82) is 0 Å². The molecule has 0 bridgehead atoms. The Morgan fingerprint density at radius 2 is 2.10 bits per heavy atom. The molecular weight excluding hydrogens is 139 g/mol. The number of hydrogen-bond donors (Lipinski definition) is 1. The third kappa shape index (κ3) is 1.16. The molecule has 0 saturated carbocycles. The molecule has 1 heterocycles. The SMILES string of the molecule is Cc1cn[c]([AlH2])c(N)c1C. The number of nitrogens with two attached hydrogens (primary N) is 1. The number of pyridine rings is 1. The van der Waals surface area contributed by atoms with Crippen LogP contribution in [0.25, 0.3) is 0 Å². The molecule has 0 aliphatic carbocycles. The monoisotopic (exact) mass is 150 g/mol. The first kappa shape index (κ1) is 7.59. The molecule has 0 amide bonds. The summed E-state index contributed by atoms with van der Waals surface area (Å²) in [4.78, 5) is 4.18. The van der Waals surface area contributed by atoms with Crippen LogP contribution in [0.15, 0.2) is 6.20 Å². The van der Waals surface area contributed by atoms with Crippen LogP contribution in [-0.2, 0) is 0 Å². The summed E-state index contributed by atoms with van der Waals surface area (Å²) in [6, 6.07) is 0. The van der Waals surface area contributed by atoms with Gasteiger partial charge in [0.15, 0.2) is 0 Å². The minimum absolute atomic E-state index is 0.881. The van der Waals surface area contributed by atoms with Gasteiger partial charge in [0, 0.05) is 11.9 Å². The second-order valence-corrected chi connectivity index (χ2v) is 3.51. The van der Waals surface area contributed by atoms with Gasteiger partial charge < -0.3 is 5.73 Å². The molecule has 0 fully saturated rings. The lowest BCUT2D eigenvalue weighted by Gasteiger charge is -2.05. The molecule has 0 aromatic carbocycles. The molecule has 2 nitrogen and oxygen atoms in total. The summed E-state index contributed by atoms with van der Waals surface area (Å²) in [6.07, 6.45) is 1.88. The maximum absolute atomic E-state index is 5.75. The van der Waals surface area contributed by atoms with Crippen LogP contribution in [0, 0.1) is 13.8 Å². The molecule has 1 aromatic heterocycles. The summed E-state index contributed by atoms with van der Waals surface area (Å²) in [5.74, 6) is 0. The molecule has 3 heteroatoms. The minimum Gasteiger partial charge on any atom is -0.398 e. The Kier molecular flexibility index (Phi) is 1.98. The molecule has 0 aliphatic rings. The van der Waals surface area contributed by atoms with Crippen LogP contribution in [-0.4, -0.2) is 21.3 Å². The highest BCUT2D eigenvalue weighted by Gasteiger charge is 1.99. The zero-order valence-corrected chi connectivity index (χ0v) is 8.60. The van der Waals surface area contributed by atoms with Gasteiger partial charge in [0.05, 0.1) is 0 Å². The summed E-state index contributed by atoms with van der Waals surface area (Å²) in [6.45, 7) is 4.06. The van der Waals surface area contributed by atoms with Gasteiger partial charge in [0.1, 0.15) is 0 Å². The molecule has 52 valence electrons. The van der Waals surface area contributed by atoms with Crippen LogP contribution in [0.3, 0.4) is 0 Å². The topological polar surface area (TPSA) is 38.9 Å². The van der Waals surface area contributed by atoms with Gasteiger partial charge in [-0.15, -0.1) is 0 Å². The van der Waals surface area contributed by atoms with E-state index in [1.54, 1.807) is 0 Å². The predicted octanol–water partition coefficient (Wildman–Crippen LogP) is -0.461. The Morgan fingerprint density at radius 1 is 1.50 bits per heavy atom. The molecule has 0 saturated heterocycles. The number of anilines is 1. The average Bonchev–Trinajstić information content (AvgIpc) is 1.93. The van der Waals surface area contributed by atoms with E-state index in [4.69, 9.17) is 5.73 Å². The van der Waals surface area contributed by atoms with Crippen LogP contribution in [0.5, 0.6) is 0 Å². The molecule has 1 rings (SSSR count). The van der Waals surface area contributed by atoms with Crippen molar-refractivity contribution in [3.63, 3.8) is 0 Å². The van der Waals surface area contributed by atoms with Crippen molar-refractivity contribution in [2.75, 3.05) is 5.73 Å². The predicted molar refractivity (Wildman–Crippen MR) is 46.3 cm³/mol. The maximum atomic E-state index is 5.75. The van der Waals surface area contributed by atoms with E-state index in [-0.39, 0.29) is 0 Å². The van der Waals surface area contributed by atoms with Gasteiger partial charge in [-0.05, 0) is 29.5 Å². The second kappa shape index (κ2) is 2.61. The van der Waals surface area contributed by atoms with Gasteiger partial charge in [-0.3, -0.25) is 4.98 Å². The lowest BCUT2D eigenvalue weighted by molar-refractivity contribution is 1.25. The lowest BCUT2D eigenvalue weighted by atomic mass is 10.1. The largest absolute Gasteiger partial charge is 0.398 e. The third-order valence-corrected chi connectivity index (χ3v) is 2.63. The smallest absolute Gasteiger partial charge is 0.293 e. The van der Waals surface area contributed by atoms with Crippen molar-refractivity contribution < 1.29 is 0 Å².